The summed E-state index contributed by atoms with van der Waals surface area (Å²) in [5, 5.41) is 2.80. The highest BCUT2D eigenvalue weighted by Crippen LogP contribution is 2.16. The lowest BCUT2D eigenvalue weighted by Gasteiger charge is -2.19. The molecule has 0 aliphatic heterocycles. The fourth-order valence-corrected chi connectivity index (χ4v) is 1.79. The molecule has 2 amide bonds. The predicted octanol–water partition coefficient (Wildman–Crippen LogP) is 3.07. The lowest BCUT2D eigenvalue weighted by atomic mass is 10.0. The van der Waals surface area contributed by atoms with Crippen molar-refractivity contribution >= 4 is 17.5 Å². The van der Waals surface area contributed by atoms with Crippen LogP contribution in [0.5, 0.6) is 0 Å². The molecule has 0 saturated carbocycles. The van der Waals surface area contributed by atoms with Crippen molar-refractivity contribution in [2.45, 2.75) is 27.7 Å². The summed E-state index contributed by atoms with van der Waals surface area (Å²) >= 11 is 0. The van der Waals surface area contributed by atoms with E-state index in [0.29, 0.717) is 24.3 Å². The van der Waals surface area contributed by atoms with E-state index < -0.39 is 0 Å². The molecule has 0 fully saturated rings. The lowest BCUT2D eigenvalue weighted by molar-refractivity contribution is 0.101. The highest BCUT2D eigenvalue weighted by molar-refractivity contribution is 5.98. The van der Waals surface area contributed by atoms with Gasteiger partial charge in [0.2, 0.25) is 0 Å². The van der Waals surface area contributed by atoms with Crippen LogP contribution in [0, 0.1) is 6.92 Å². The summed E-state index contributed by atoms with van der Waals surface area (Å²) in [6, 6.07) is 5.23. The van der Waals surface area contributed by atoms with Crippen LogP contribution in [0.25, 0.3) is 0 Å². The van der Waals surface area contributed by atoms with Crippen LogP contribution in [0.2, 0.25) is 0 Å². The van der Waals surface area contributed by atoms with Gasteiger partial charge in [0.25, 0.3) is 0 Å². The van der Waals surface area contributed by atoms with E-state index in [-0.39, 0.29) is 11.8 Å². The zero-order valence-corrected chi connectivity index (χ0v) is 11.4. The quantitative estimate of drug-likeness (QED) is 0.832. The molecule has 1 N–H and O–H groups in total. The van der Waals surface area contributed by atoms with E-state index in [9.17, 15) is 9.59 Å². The second kappa shape index (κ2) is 6.19. The number of ketones is 1. The Balaban J connectivity index is 2.89. The SMILES string of the molecule is CCN(CC)C(=O)Nc1ccc(C)c(C(C)=O)c1. The Morgan fingerprint density at radius 3 is 2.33 bits per heavy atom. The van der Waals surface area contributed by atoms with E-state index in [1.165, 1.54) is 6.92 Å². The van der Waals surface area contributed by atoms with Gasteiger partial charge < -0.3 is 10.2 Å². The summed E-state index contributed by atoms with van der Waals surface area (Å²) in [6.45, 7) is 8.59. The molecule has 98 valence electrons. The minimum Gasteiger partial charge on any atom is -0.325 e. The molecule has 0 aliphatic rings. The molecule has 4 nitrogen and oxygen atoms in total. The van der Waals surface area contributed by atoms with Crippen molar-refractivity contribution < 1.29 is 9.59 Å². The van der Waals surface area contributed by atoms with Gasteiger partial charge in [0.05, 0.1) is 0 Å². The van der Waals surface area contributed by atoms with E-state index >= 15 is 0 Å². The predicted molar refractivity (Wildman–Crippen MR) is 73.1 cm³/mol. The first-order valence-electron chi connectivity index (χ1n) is 6.17. The van der Waals surface area contributed by atoms with Gasteiger partial charge in [0.1, 0.15) is 0 Å². The average Bonchev–Trinajstić information content (AvgIpc) is 2.32. The van der Waals surface area contributed by atoms with Crippen molar-refractivity contribution in [2.24, 2.45) is 0 Å². The standard InChI is InChI=1S/C14H20N2O2/c1-5-16(6-2)14(18)15-12-8-7-10(3)13(9-12)11(4)17/h7-9H,5-6H2,1-4H3,(H,15,18). The number of hydrogen-bond acceptors (Lipinski definition) is 2. The van der Waals surface area contributed by atoms with E-state index in [1.807, 2.05) is 32.9 Å². The molecule has 0 aromatic heterocycles. The van der Waals surface area contributed by atoms with Crippen molar-refractivity contribution in [3.05, 3.63) is 29.3 Å². The van der Waals surface area contributed by atoms with Gasteiger partial charge in [0.15, 0.2) is 5.78 Å². The number of carbonyl (C=O) groups is 2. The topological polar surface area (TPSA) is 49.4 Å². The van der Waals surface area contributed by atoms with Gasteiger partial charge in [-0.05, 0) is 45.4 Å². The molecule has 1 rings (SSSR count). The van der Waals surface area contributed by atoms with Crippen LogP contribution >= 0.6 is 0 Å². The number of amides is 2. The summed E-state index contributed by atoms with van der Waals surface area (Å²) in [7, 11) is 0. The number of rotatable bonds is 4. The van der Waals surface area contributed by atoms with Crippen LogP contribution < -0.4 is 5.32 Å². The van der Waals surface area contributed by atoms with Gasteiger partial charge in [-0.15, -0.1) is 0 Å². The molecule has 0 radical (unpaired) electrons. The molecule has 0 unspecified atom stereocenters. The summed E-state index contributed by atoms with van der Waals surface area (Å²) in [6.07, 6.45) is 0. The number of benzene rings is 1. The van der Waals surface area contributed by atoms with Gasteiger partial charge in [-0.2, -0.15) is 0 Å². The fourth-order valence-electron chi connectivity index (χ4n) is 1.79. The zero-order chi connectivity index (χ0) is 13.7. The summed E-state index contributed by atoms with van der Waals surface area (Å²) < 4.78 is 0. The van der Waals surface area contributed by atoms with Crippen LogP contribution in [0.1, 0.15) is 36.7 Å². The number of nitrogens with zero attached hydrogens (tertiary/aromatic N) is 1. The van der Waals surface area contributed by atoms with Gasteiger partial charge >= 0.3 is 6.03 Å². The second-order valence-corrected chi connectivity index (χ2v) is 4.19. The maximum absolute atomic E-state index is 11.9. The van der Waals surface area contributed by atoms with Crippen molar-refractivity contribution in [1.82, 2.24) is 4.90 Å². The molecule has 0 saturated heterocycles. The molecule has 0 aliphatic carbocycles. The van der Waals surface area contributed by atoms with Gasteiger partial charge in [-0.25, -0.2) is 4.79 Å². The first kappa shape index (κ1) is 14.2. The molecule has 0 atom stereocenters. The van der Waals surface area contributed by atoms with Crippen molar-refractivity contribution in [3.63, 3.8) is 0 Å². The van der Waals surface area contributed by atoms with Crippen LogP contribution in [-0.2, 0) is 0 Å². The maximum Gasteiger partial charge on any atom is 0.321 e. The minimum atomic E-state index is -0.140. The highest BCUT2D eigenvalue weighted by Gasteiger charge is 2.11. The average molecular weight is 248 g/mol. The zero-order valence-electron chi connectivity index (χ0n) is 11.4. The Morgan fingerprint density at radius 2 is 1.83 bits per heavy atom. The Morgan fingerprint density at radius 1 is 1.22 bits per heavy atom. The normalized spacial score (nSPS) is 10.0. The van der Waals surface area contributed by atoms with Crippen LogP contribution in [-0.4, -0.2) is 29.8 Å². The van der Waals surface area contributed by atoms with Crippen molar-refractivity contribution in [3.8, 4) is 0 Å². The third-order valence-corrected chi connectivity index (χ3v) is 2.92. The van der Waals surface area contributed by atoms with Crippen LogP contribution in [0.4, 0.5) is 10.5 Å². The van der Waals surface area contributed by atoms with Crippen molar-refractivity contribution in [1.29, 1.82) is 0 Å². The van der Waals surface area contributed by atoms with Crippen LogP contribution in [0.3, 0.4) is 0 Å². The molecular weight excluding hydrogens is 228 g/mol. The maximum atomic E-state index is 11.9. The van der Waals surface area contributed by atoms with Gasteiger partial charge in [-0.3, -0.25) is 4.79 Å². The molecule has 0 heterocycles. The number of carbonyl (C=O) groups excluding carboxylic acids is 2. The minimum absolute atomic E-state index is 0.00596. The van der Waals surface area contributed by atoms with Gasteiger partial charge in [0, 0.05) is 24.3 Å². The summed E-state index contributed by atoms with van der Waals surface area (Å²) in [5.74, 6) is 0.00596. The smallest absolute Gasteiger partial charge is 0.321 e. The first-order chi connectivity index (χ1) is 8.49. The molecule has 4 heteroatoms. The van der Waals surface area contributed by atoms with E-state index in [4.69, 9.17) is 0 Å². The molecule has 0 spiro atoms. The Kier molecular flexibility index (Phi) is 4.89. The number of anilines is 1. The molecule has 0 bridgehead atoms. The number of aryl methyl sites for hydroxylation is 1. The van der Waals surface area contributed by atoms with Crippen LogP contribution in [0.15, 0.2) is 18.2 Å². The molecular formula is C14H20N2O2. The highest BCUT2D eigenvalue weighted by atomic mass is 16.2. The van der Waals surface area contributed by atoms with Gasteiger partial charge in [-0.1, -0.05) is 6.07 Å². The van der Waals surface area contributed by atoms with E-state index in [0.717, 1.165) is 5.56 Å². The largest absolute Gasteiger partial charge is 0.325 e. The molecule has 1 aromatic rings. The Hall–Kier alpha value is -1.84. The third kappa shape index (κ3) is 3.32. The fraction of sp³-hybridized carbons (Fsp3) is 0.429. The number of hydrogen-bond donors (Lipinski definition) is 1. The lowest BCUT2D eigenvalue weighted by Crippen LogP contribution is -2.34. The number of nitrogens with one attached hydrogen (secondary N) is 1. The Labute approximate surface area is 108 Å². The first-order valence-corrected chi connectivity index (χ1v) is 6.17. The molecule has 1 aromatic carbocycles. The molecule has 18 heavy (non-hydrogen) atoms. The summed E-state index contributed by atoms with van der Waals surface area (Å²) in [4.78, 5) is 25.0. The third-order valence-electron chi connectivity index (χ3n) is 2.92. The Bertz CT molecular complexity index is 451. The number of urea groups is 1. The van der Waals surface area contributed by atoms with E-state index in [2.05, 4.69) is 5.32 Å². The number of Topliss-reactive ketones (excluding diaryl/α,β-unsaturated/α-hetero) is 1. The summed E-state index contributed by atoms with van der Waals surface area (Å²) in [5.41, 5.74) is 2.22. The second-order valence-electron chi connectivity index (χ2n) is 4.19. The monoisotopic (exact) mass is 248 g/mol. The van der Waals surface area contributed by atoms with E-state index in [1.54, 1.807) is 11.0 Å². The van der Waals surface area contributed by atoms with Crippen molar-refractivity contribution in [2.75, 3.05) is 18.4 Å².